The van der Waals surface area contributed by atoms with Crippen molar-refractivity contribution >= 4 is 17.7 Å². The first-order chi connectivity index (χ1) is 12.1. The topological polar surface area (TPSA) is 42.4 Å². The van der Waals surface area contributed by atoms with Gasteiger partial charge < -0.3 is 9.64 Å². The summed E-state index contributed by atoms with van der Waals surface area (Å²) in [6.45, 7) is 0.992. The highest BCUT2D eigenvalue weighted by molar-refractivity contribution is 7.99. The Labute approximate surface area is 149 Å². The molecule has 1 saturated heterocycles. The molecule has 1 amide bonds. The summed E-state index contributed by atoms with van der Waals surface area (Å²) in [5.74, 6) is 0.237. The van der Waals surface area contributed by atoms with Gasteiger partial charge in [-0.05, 0) is 36.8 Å². The van der Waals surface area contributed by atoms with E-state index in [0.29, 0.717) is 36.6 Å². The molecular formula is C18H18F2N2O2S. The second kappa shape index (κ2) is 8.29. The molecule has 1 aromatic heterocycles. The van der Waals surface area contributed by atoms with Gasteiger partial charge in [0.05, 0.1) is 6.20 Å². The van der Waals surface area contributed by atoms with Crippen LogP contribution < -0.4 is 4.74 Å². The summed E-state index contributed by atoms with van der Waals surface area (Å²) in [4.78, 5) is 18.0. The van der Waals surface area contributed by atoms with Crippen LogP contribution in [0.25, 0.3) is 0 Å². The van der Waals surface area contributed by atoms with Gasteiger partial charge in [0, 0.05) is 35.9 Å². The fourth-order valence-corrected chi connectivity index (χ4v) is 3.94. The predicted molar refractivity (Wildman–Crippen MR) is 92.5 cm³/mol. The lowest BCUT2D eigenvalue weighted by molar-refractivity contribution is -0.133. The van der Waals surface area contributed by atoms with E-state index in [1.165, 1.54) is 6.07 Å². The van der Waals surface area contributed by atoms with Gasteiger partial charge in [-0.15, -0.1) is 0 Å². The Balaban J connectivity index is 1.57. The fourth-order valence-electron chi connectivity index (χ4n) is 2.70. The van der Waals surface area contributed by atoms with Gasteiger partial charge in [-0.25, -0.2) is 8.78 Å². The normalized spacial score (nSPS) is 17.8. The maximum Gasteiger partial charge on any atom is 0.260 e. The first-order valence-corrected chi connectivity index (χ1v) is 9.05. The molecule has 0 saturated carbocycles. The number of carbonyl (C=O) groups is 1. The van der Waals surface area contributed by atoms with Crippen molar-refractivity contribution in [3.63, 3.8) is 0 Å². The summed E-state index contributed by atoms with van der Waals surface area (Å²) < 4.78 is 32.8. The number of amides is 1. The number of aromatic nitrogens is 1. The van der Waals surface area contributed by atoms with Crippen molar-refractivity contribution in [2.24, 2.45) is 0 Å². The number of hydrogen-bond acceptors (Lipinski definition) is 4. The van der Waals surface area contributed by atoms with Gasteiger partial charge >= 0.3 is 0 Å². The van der Waals surface area contributed by atoms with Crippen LogP contribution >= 0.6 is 11.8 Å². The minimum atomic E-state index is -0.445. The van der Waals surface area contributed by atoms with Crippen molar-refractivity contribution in [2.45, 2.75) is 11.7 Å². The molecule has 4 nitrogen and oxygen atoms in total. The summed E-state index contributed by atoms with van der Waals surface area (Å²) >= 11 is 1.54. The van der Waals surface area contributed by atoms with E-state index in [9.17, 15) is 13.6 Å². The van der Waals surface area contributed by atoms with E-state index in [0.717, 1.165) is 12.1 Å². The number of hydrogen-bond donors (Lipinski definition) is 0. The molecule has 1 aromatic carbocycles. The number of rotatable bonds is 4. The Morgan fingerprint density at radius 3 is 3.00 bits per heavy atom. The SMILES string of the molecule is O=C(COc1cccnc1)N1CCSC(c2cc(F)ccc2F)CC1. The van der Waals surface area contributed by atoms with Crippen molar-refractivity contribution in [1.29, 1.82) is 0 Å². The maximum atomic E-state index is 14.0. The first kappa shape index (κ1) is 17.7. The molecule has 0 spiro atoms. The molecule has 0 N–H and O–H groups in total. The standard InChI is InChI=1S/C18H18F2N2O2S/c19-13-3-4-16(20)15(10-13)17-5-7-22(8-9-25-17)18(23)12-24-14-2-1-6-21-11-14/h1-4,6,10-11,17H,5,7-9,12H2. The van der Waals surface area contributed by atoms with E-state index in [1.807, 2.05) is 0 Å². The third kappa shape index (κ3) is 4.69. The number of thioether (sulfide) groups is 1. The van der Waals surface area contributed by atoms with Crippen molar-refractivity contribution in [1.82, 2.24) is 9.88 Å². The third-order valence-corrected chi connectivity index (χ3v) is 5.31. The van der Waals surface area contributed by atoms with E-state index in [-0.39, 0.29) is 17.8 Å². The van der Waals surface area contributed by atoms with E-state index in [1.54, 1.807) is 41.2 Å². The number of halogens is 2. The van der Waals surface area contributed by atoms with E-state index in [4.69, 9.17) is 4.74 Å². The lowest BCUT2D eigenvalue weighted by Gasteiger charge is -2.20. The molecule has 2 heterocycles. The molecule has 1 atom stereocenters. The third-order valence-electron chi connectivity index (χ3n) is 4.00. The summed E-state index contributed by atoms with van der Waals surface area (Å²) in [7, 11) is 0. The Morgan fingerprint density at radius 2 is 2.20 bits per heavy atom. The van der Waals surface area contributed by atoms with Gasteiger partial charge in [-0.2, -0.15) is 11.8 Å². The first-order valence-electron chi connectivity index (χ1n) is 8.00. The van der Waals surface area contributed by atoms with Crippen molar-refractivity contribution in [2.75, 3.05) is 25.4 Å². The molecular weight excluding hydrogens is 346 g/mol. The van der Waals surface area contributed by atoms with E-state index < -0.39 is 11.6 Å². The second-order valence-electron chi connectivity index (χ2n) is 5.67. The molecule has 0 aliphatic carbocycles. The number of benzene rings is 1. The average Bonchev–Trinajstić information content (AvgIpc) is 2.89. The van der Waals surface area contributed by atoms with Gasteiger partial charge in [0.15, 0.2) is 6.61 Å². The molecule has 1 fully saturated rings. The van der Waals surface area contributed by atoms with E-state index in [2.05, 4.69) is 4.98 Å². The average molecular weight is 364 g/mol. The summed E-state index contributed by atoms with van der Waals surface area (Å²) in [6.07, 6.45) is 3.75. The molecule has 1 aliphatic heterocycles. The Bertz CT molecular complexity index is 730. The molecule has 132 valence electrons. The van der Waals surface area contributed by atoms with Crippen LogP contribution in [0.1, 0.15) is 17.2 Å². The largest absolute Gasteiger partial charge is 0.482 e. The summed E-state index contributed by atoms with van der Waals surface area (Å²) in [5.41, 5.74) is 0.367. The zero-order chi connectivity index (χ0) is 17.6. The number of carbonyl (C=O) groups excluding carboxylic acids is 1. The van der Waals surface area contributed by atoms with Crippen LogP contribution in [0, 0.1) is 11.6 Å². The van der Waals surface area contributed by atoms with Crippen molar-refractivity contribution < 1.29 is 18.3 Å². The van der Waals surface area contributed by atoms with Crippen molar-refractivity contribution in [3.8, 4) is 5.75 Å². The van der Waals surface area contributed by atoms with Gasteiger partial charge in [-0.3, -0.25) is 9.78 Å². The summed E-state index contributed by atoms with van der Waals surface area (Å²) in [6, 6.07) is 6.99. The molecule has 3 rings (SSSR count). The van der Waals surface area contributed by atoms with Gasteiger partial charge in [0.25, 0.3) is 5.91 Å². The number of pyridine rings is 1. The van der Waals surface area contributed by atoms with Crippen LogP contribution in [-0.4, -0.2) is 41.2 Å². The second-order valence-corrected chi connectivity index (χ2v) is 6.98. The van der Waals surface area contributed by atoms with Gasteiger partial charge in [0.2, 0.25) is 0 Å². The Kier molecular flexibility index (Phi) is 5.86. The predicted octanol–water partition coefficient (Wildman–Crippen LogP) is 3.45. The van der Waals surface area contributed by atoms with Crippen LogP contribution in [0.5, 0.6) is 5.75 Å². The van der Waals surface area contributed by atoms with Crippen LogP contribution in [0.4, 0.5) is 8.78 Å². The van der Waals surface area contributed by atoms with Crippen LogP contribution in [0.3, 0.4) is 0 Å². The smallest absolute Gasteiger partial charge is 0.260 e. The van der Waals surface area contributed by atoms with Crippen LogP contribution in [-0.2, 0) is 4.79 Å². The maximum absolute atomic E-state index is 14.0. The van der Waals surface area contributed by atoms with Crippen molar-refractivity contribution in [3.05, 3.63) is 59.9 Å². The molecule has 1 unspecified atom stereocenters. The minimum Gasteiger partial charge on any atom is -0.482 e. The number of ether oxygens (including phenoxy) is 1. The zero-order valence-electron chi connectivity index (χ0n) is 13.5. The molecule has 1 aliphatic rings. The molecule has 25 heavy (non-hydrogen) atoms. The molecule has 2 aromatic rings. The Hall–Kier alpha value is -2.15. The summed E-state index contributed by atoms with van der Waals surface area (Å²) in [5, 5.41) is -0.159. The Morgan fingerprint density at radius 1 is 1.32 bits per heavy atom. The van der Waals surface area contributed by atoms with Crippen LogP contribution in [0.15, 0.2) is 42.7 Å². The fraction of sp³-hybridized carbons (Fsp3) is 0.333. The minimum absolute atomic E-state index is 0.0602. The molecule has 0 radical (unpaired) electrons. The highest BCUT2D eigenvalue weighted by Gasteiger charge is 2.24. The van der Waals surface area contributed by atoms with Crippen LogP contribution in [0.2, 0.25) is 0 Å². The monoisotopic (exact) mass is 364 g/mol. The van der Waals surface area contributed by atoms with E-state index >= 15 is 0 Å². The molecule has 7 heteroatoms. The lowest BCUT2D eigenvalue weighted by Crippen LogP contribution is -2.36. The lowest BCUT2D eigenvalue weighted by atomic mass is 10.1. The molecule has 0 bridgehead atoms. The van der Waals surface area contributed by atoms with Gasteiger partial charge in [-0.1, -0.05) is 0 Å². The zero-order valence-corrected chi connectivity index (χ0v) is 14.3. The highest BCUT2D eigenvalue weighted by atomic mass is 32.2. The highest BCUT2D eigenvalue weighted by Crippen LogP contribution is 2.36. The van der Waals surface area contributed by atoms with Gasteiger partial charge in [0.1, 0.15) is 17.4 Å². The quantitative estimate of drug-likeness (QED) is 0.833. The number of nitrogens with zero attached hydrogens (tertiary/aromatic N) is 2.